The molecule has 0 rings (SSSR count). The van der Waals surface area contributed by atoms with Crippen LogP contribution in [0.3, 0.4) is 0 Å². The van der Waals surface area contributed by atoms with Gasteiger partial charge in [0.2, 0.25) is 0 Å². The van der Waals surface area contributed by atoms with Gasteiger partial charge < -0.3 is 14.2 Å². The Hall–Kier alpha value is -1.24. The summed E-state index contributed by atoms with van der Waals surface area (Å²) in [7, 11) is 0. The Morgan fingerprint density at radius 2 is 0.654 bits per heavy atom. The highest BCUT2D eigenvalue weighted by Gasteiger charge is 2.26. The van der Waals surface area contributed by atoms with Crippen molar-refractivity contribution in [3.63, 3.8) is 0 Å². The van der Waals surface area contributed by atoms with Crippen LogP contribution in [0.1, 0.15) is 239 Å². The molecule has 0 aromatic rings. The van der Waals surface area contributed by atoms with E-state index in [9.17, 15) is 14.4 Å². The van der Waals surface area contributed by atoms with E-state index in [0.717, 1.165) is 38.5 Å². The average molecular weight is 755 g/mol. The lowest BCUT2D eigenvalue weighted by molar-refractivity contribution is -0.148. The van der Waals surface area contributed by atoms with E-state index in [-0.39, 0.29) is 48.3 Å². The summed E-state index contributed by atoms with van der Waals surface area (Å²) in [6, 6.07) is 0. The van der Waals surface area contributed by atoms with E-state index in [1.165, 1.54) is 154 Å². The van der Waals surface area contributed by atoms with E-state index in [1.807, 2.05) is 0 Å². The third-order valence-corrected chi connectivity index (χ3v) is 11.0. The maximum absolute atomic E-state index is 12.8. The van der Waals surface area contributed by atoms with Crippen molar-refractivity contribution in [1.29, 1.82) is 0 Å². The maximum Gasteiger partial charge on any atom is 0.306 e. The summed E-state index contributed by atoms with van der Waals surface area (Å²) in [5.41, 5.74) is 0. The monoisotopic (exact) mass is 755 g/mol. The SMILES string of the molecule is CCCCCCCCCCCCOC(=O)CCC(CC(=O)OCCCCCCCCCCCC)C(S)CC(=O)OCCCCCCCCCCCC. The lowest BCUT2D eigenvalue weighted by Crippen LogP contribution is -2.25. The summed E-state index contributed by atoms with van der Waals surface area (Å²) in [5, 5.41) is -0.389. The smallest absolute Gasteiger partial charge is 0.306 e. The highest BCUT2D eigenvalue weighted by atomic mass is 32.1. The number of ether oxygens (including phenoxy) is 3. The molecular formula is C45H86O6S. The van der Waals surface area contributed by atoms with Gasteiger partial charge in [-0.1, -0.05) is 194 Å². The first kappa shape index (κ1) is 50.8. The topological polar surface area (TPSA) is 78.9 Å². The fourth-order valence-electron chi connectivity index (χ4n) is 6.80. The van der Waals surface area contributed by atoms with E-state index in [4.69, 9.17) is 26.8 Å². The molecule has 7 heteroatoms. The van der Waals surface area contributed by atoms with Gasteiger partial charge in [0.1, 0.15) is 0 Å². The van der Waals surface area contributed by atoms with Gasteiger partial charge >= 0.3 is 17.9 Å². The van der Waals surface area contributed by atoms with Crippen LogP contribution < -0.4 is 0 Å². The second-order valence-corrected chi connectivity index (χ2v) is 16.1. The van der Waals surface area contributed by atoms with E-state index in [1.54, 1.807) is 0 Å². The third kappa shape index (κ3) is 37.1. The van der Waals surface area contributed by atoms with E-state index in [0.29, 0.717) is 26.2 Å². The molecule has 0 fully saturated rings. The molecule has 52 heavy (non-hydrogen) atoms. The number of rotatable bonds is 41. The largest absolute Gasteiger partial charge is 0.466 e. The van der Waals surface area contributed by atoms with Crippen LogP contribution in [0, 0.1) is 5.92 Å². The zero-order valence-electron chi connectivity index (χ0n) is 34.7. The normalized spacial score (nSPS) is 12.5. The van der Waals surface area contributed by atoms with Crippen LogP contribution in [0.2, 0.25) is 0 Å². The minimum absolute atomic E-state index is 0.116. The van der Waals surface area contributed by atoms with E-state index in [2.05, 4.69) is 20.8 Å². The summed E-state index contributed by atoms with van der Waals surface area (Å²) in [4.78, 5) is 38.1. The second-order valence-electron chi connectivity index (χ2n) is 15.5. The molecule has 0 amide bonds. The van der Waals surface area contributed by atoms with Crippen LogP contribution in [0.15, 0.2) is 0 Å². The molecule has 0 aliphatic rings. The molecule has 2 unspecified atom stereocenters. The first-order valence-corrected chi connectivity index (χ1v) is 23.1. The maximum atomic E-state index is 12.8. The summed E-state index contributed by atoms with van der Waals surface area (Å²) in [5.74, 6) is -1.08. The molecule has 0 aliphatic carbocycles. The van der Waals surface area contributed by atoms with E-state index >= 15 is 0 Å². The molecule has 0 radical (unpaired) electrons. The number of carbonyl (C=O) groups is 3. The summed E-state index contributed by atoms with van der Waals surface area (Å²) < 4.78 is 16.7. The molecule has 308 valence electrons. The van der Waals surface area contributed by atoms with Gasteiger partial charge in [0.15, 0.2) is 0 Å². The van der Waals surface area contributed by atoms with Crippen molar-refractivity contribution in [2.45, 2.75) is 244 Å². The number of thiol groups is 1. The van der Waals surface area contributed by atoms with Crippen molar-refractivity contribution < 1.29 is 28.6 Å². The molecule has 0 aliphatic heterocycles. The molecule has 0 saturated heterocycles. The number of carbonyl (C=O) groups excluding carboxylic acids is 3. The zero-order valence-corrected chi connectivity index (χ0v) is 35.6. The molecule has 0 N–H and O–H groups in total. The lowest BCUT2D eigenvalue weighted by Gasteiger charge is -2.22. The first-order valence-electron chi connectivity index (χ1n) is 22.6. The van der Waals surface area contributed by atoms with Gasteiger partial charge in [0, 0.05) is 18.1 Å². The van der Waals surface area contributed by atoms with Crippen molar-refractivity contribution in [1.82, 2.24) is 0 Å². The van der Waals surface area contributed by atoms with Crippen molar-refractivity contribution in [2.75, 3.05) is 19.8 Å². The van der Waals surface area contributed by atoms with Gasteiger partial charge in [-0.05, 0) is 31.6 Å². The summed E-state index contributed by atoms with van der Waals surface area (Å²) in [6.07, 6.45) is 37.8. The van der Waals surface area contributed by atoms with Crippen LogP contribution >= 0.6 is 12.6 Å². The third-order valence-electron chi connectivity index (χ3n) is 10.4. The van der Waals surface area contributed by atoms with Gasteiger partial charge in [-0.15, -0.1) is 0 Å². The Morgan fingerprint density at radius 3 is 0.981 bits per heavy atom. The fourth-order valence-corrected chi connectivity index (χ4v) is 7.21. The number of unbranched alkanes of at least 4 members (excludes halogenated alkanes) is 27. The van der Waals surface area contributed by atoms with Crippen LogP contribution in [-0.2, 0) is 28.6 Å². The van der Waals surface area contributed by atoms with Crippen LogP contribution in [0.4, 0.5) is 0 Å². The van der Waals surface area contributed by atoms with Gasteiger partial charge in [0.05, 0.1) is 26.2 Å². The Balaban J connectivity index is 4.47. The average Bonchev–Trinajstić information content (AvgIpc) is 3.13. The number of hydrogen-bond acceptors (Lipinski definition) is 7. The van der Waals surface area contributed by atoms with Gasteiger partial charge in [-0.3, -0.25) is 14.4 Å². The highest BCUT2D eigenvalue weighted by molar-refractivity contribution is 7.81. The van der Waals surface area contributed by atoms with Crippen molar-refractivity contribution in [2.24, 2.45) is 5.92 Å². The molecule has 6 nitrogen and oxygen atoms in total. The van der Waals surface area contributed by atoms with Crippen molar-refractivity contribution in [3.05, 3.63) is 0 Å². The predicted molar refractivity (Wildman–Crippen MR) is 223 cm³/mol. The summed E-state index contributed by atoms with van der Waals surface area (Å²) in [6.45, 7) is 8.03. The highest BCUT2D eigenvalue weighted by Crippen LogP contribution is 2.25. The van der Waals surface area contributed by atoms with Gasteiger partial charge in [0.25, 0.3) is 0 Å². The van der Waals surface area contributed by atoms with Crippen molar-refractivity contribution in [3.8, 4) is 0 Å². The standard InChI is InChI=1S/C45H86O6S/c1-4-7-10-13-16-19-22-25-28-31-36-49-43(46)35-34-41(39-44(47)50-37-32-29-26-23-20-17-14-11-8-5-2)42(52)40-45(48)51-38-33-30-27-24-21-18-15-12-9-6-3/h41-42,52H,4-40H2,1-3H3. The molecular weight excluding hydrogens is 669 g/mol. The Morgan fingerprint density at radius 1 is 0.385 bits per heavy atom. The molecule has 0 bridgehead atoms. The Labute approximate surface area is 328 Å². The number of hydrogen-bond donors (Lipinski definition) is 1. The molecule has 0 saturated carbocycles. The first-order chi connectivity index (χ1) is 25.4. The number of esters is 3. The molecule has 0 aromatic heterocycles. The van der Waals surface area contributed by atoms with Crippen molar-refractivity contribution >= 4 is 30.5 Å². The van der Waals surface area contributed by atoms with Crippen LogP contribution in [0.5, 0.6) is 0 Å². The van der Waals surface area contributed by atoms with Crippen LogP contribution in [-0.4, -0.2) is 43.0 Å². The lowest BCUT2D eigenvalue weighted by atomic mass is 9.93. The minimum atomic E-state index is -0.389. The minimum Gasteiger partial charge on any atom is -0.466 e. The predicted octanol–water partition coefficient (Wildman–Crippen LogP) is 13.9. The molecule has 0 heterocycles. The van der Waals surface area contributed by atoms with E-state index < -0.39 is 0 Å². The fraction of sp³-hybridized carbons (Fsp3) is 0.933. The second kappa shape index (κ2) is 40.9. The van der Waals surface area contributed by atoms with Gasteiger partial charge in [-0.2, -0.15) is 12.6 Å². The van der Waals surface area contributed by atoms with Gasteiger partial charge in [-0.25, -0.2) is 0 Å². The Kier molecular flexibility index (Phi) is 40.0. The van der Waals surface area contributed by atoms with Crippen LogP contribution in [0.25, 0.3) is 0 Å². The zero-order chi connectivity index (χ0) is 38.2. The Bertz CT molecular complexity index is 790. The molecule has 2 atom stereocenters. The summed E-state index contributed by atoms with van der Waals surface area (Å²) >= 11 is 4.75. The molecule has 0 aromatic carbocycles. The quantitative estimate of drug-likeness (QED) is 0.0290. The molecule has 0 spiro atoms.